The molecular formula is C26H41NO3. The predicted octanol–water partition coefficient (Wildman–Crippen LogP) is 6.57. The van der Waals surface area contributed by atoms with E-state index in [0.717, 1.165) is 31.2 Å². The van der Waals surface area contributed by atoms with Crippen molar-refractivity contribution in [3.05, 3.63) is 48.1 Å². The van der Waals surface area contributed by atoms with Gasteiger partial charge in [0, 0.05) is 13.0 Å². The SMILES string of the molecule is CCCCC/C=C/C/C=C/CCCCCCCC(=O)NCCc1ccc(O)c(O)c1. The highest BCUT2D eigenvalue weighted by molar-refractivity contribution is 5.75. The Morgan fingerprint density at radius 1 is 0.867 bits per heavy atom. The van der Waals surface area contributed by atoms with Gasteiger partial charge in [0.05, 0.1) is 0 Å². The van der Waals surface area contributed by atoms with Gasteiger partial charge in [-0.05, 0) is 62.6 Å². The second-order valence-electron chi connectivity index (χ2n) is 7.90. The molecule has 0 aromatic heterocycles. The Bertz CT molecular complexity index is 637. The van der Waals surface area contributed by atoms with E-state index in [1.807, 2.05) is 0 Å². The van der Waals surface area contributed by atoms with Crippen LogP contribution >= 0.6 is 0 Å². The van der Waals surface area contributed by atoms with Gasteiger partial charge in [-0.2, -0.15) is 0 Å². The summed E-state index contributed by atoms with van der Waals surface area (Å²) in [6, 6.07) is 4.75. The van der Waals surface area contributed by atoms with Crippen molar-refractivity contribution in [1.29, 1.82) is 0 Å². The summed E-state index contributed by atoms with van der Waals surface area (Å²) in [7, 11) is 0. The lowest BCUT2D eigenvalue weighted by molar-refractivity contribution is -0.121. The highest BCUT2D eigenvalue weighted by Gasteiger charge is 2.03. The highest BCUT2D eigenvalue weighted by atomic mass is 16.3. The Morgan fingerprint density at radius 2 is 1.53 bits per heavy atom. The fraction of sp³-hybridized carbons (Fsp3) is 0.577. The molecule has 0 heterocycles. The number of hydrogen-bond acceptors (Lipinski definition) is 3. The second-order valence-corrected chi connectivity index (χ2v) is 7.90. The Balaban J connectivity index is 1.90. The number of carbonyl (C=O) groups excluding carboxylic acids is 1. The van der Waals surface area contributed by atoms with E-state index in [9.17, 15) is 15.0 Å². The molecular weight excluding hydrogens is 374 g/mol. The van der Waals surface area contributed by atoms with Gasteiger partial charge in [-0.25, -0.2) is 0 Å². The molecule has 0 fully saturated rings. The first-order valence-electron chi connectivity index (χ1n) is 11.7. The molecule has 0 bridgehead atoms. The third-order valence-electron chi connectivity index (χ3n) is 5.13. The van der Waals surface area contributed by atoms with Crippen LogP contribution in [0.5, 0.6) is 11.5 Å². The van der Waals surface area contributed by atoms with E-state index < -0.39 is 0 Å². The van der Waals surface area contributed by atoms with Crippen LogP contribution in [-0.4, -0.2) is 22.7 Å². The van der Waals surface area contributed by atoms with E-state index >= 15 is 0 Å². The number of amides is 1. The van der Waals surface area contributed by atoms with Crippen molar-refractivity contribution in [1.82, 2.24) is 5.32 Å². The van der Waals surface area contributed by atoms with Gasteiger partial charge in [-0.1, -0.05) is 69.4 Å². The minimum atomic E-state index is -0.121. The average molecular weight is 416 g/mol. The number of unbranched alkanes of at least 4 members (excludes halogenated alkanes) is 8. The van der Waals surface area contributed by atoms with Gasteiger partial charge in [0.25, 0.3) is 0 Å². The molecule has 1 aromatic rings. The summed E-state index contributed by atoms with van der Waals surface area (Å²) in [6.45, 7) is 2.78. The largest absolute Gasteiger partial charge is 0.504 e. The van der Waals surface area contributed by atoms with Crippen LogP contribution in [0.4, 0.5) is 0 Å². The van der Waals surface area contributed by atoms with Crippen LogP contribution in [0.1, 0.15) is 89.5 Å². The zero-order chi connectivity index (χ0) is 21.9. The maximum absolute atomic E-state index is 11.9. The van der Waals surface area contributed by atoms with Crippen LogP contribution in [0.25, 0.3) is 0 Å². The monoisotopic (exact) mass is 415 g/mol. The topological polar surface area (TPSA) is 69.6 Å². The summed E-state index contributed by atoms with van der Waals surface area (Å²) in [4.78, 5) is 11.9. The molecule has 1 amide bonds. The minimum Gasteiger partial charge on any atom is -0.504 e. The molecule has 30 heavy (non-hydrogen) atoms. The molecule has 0 unspecified atom stereocenters. The summed E-state index contributed by atoms with van der Waals surface area (Å²) in [6.07, 6.45) is 23.3. The average Bonchev–Trinajstić information content (AvgIpc) is 2.73. The van der Waals surface area contributed by atoms with E-state index in [1.165, 1.54) is 57.1 Å². The number of benzene rings is 1. The van der Waals surface area contributed by atoms with E-state index in [1.54, 1.807) is 6.07 Å². The van der Waals surface area contributed by atoms with Gasteiger partial charge in [0.1, 0.15) is 0 Å². The van der Waals surface area contributed by atoms with E-state index in [4.69, 9.17) is 0 Å². The van der Waals surface area contributed by atoms with Gasteiger partial charge < -0.3 is 15.5 Å². The van der Waals surface area contributed by atoms with Crippen LogP contribution in [0.3, 0.4) is 0 Å². The van der Waals surface area contributed by atoms with Gasteiger partial charge in [-0.15, -0.1) is 0 Å². The van der Waals surface area contributed by atoms with Gasteiger partial charge in [0.15, 0.2) is 11.5 Å². The van der Waals surface area contributed by atoms with Gasteiger partial charge >= 0.3 is 0 Å². The predicted molar refractivity (Wildman–Crippen MR) is 126 cm³/mol. The Hall–Kier alpha value is -2.23. The van der Waals surface area contributed by atoms with Crippen LogP contribution in [0.15, 0.2) is 42.5 Å². The van der Waals surface area contributed by atoms with Gasteiger partial charge in [0.2, 0.25) is 5.91 Å². The molecule has 1 aromatic carbocycles. The first kappa shape index (κ1) is 25.8. The highest BCUT2D eigenvalue weighted by Crippen LogP contribution is 2.24. The molecule has 3 N–H and O–H groups in total. The fourth-order valence-electron chi connectivity index (χ4n) is 3.26. The second kappa shape index (κ2) is 17.6. The molecule has 168 valence electrons. The molecule has 0 aliphatic rings. The molecule has 0 spiro atoms. The van der Waals surface area contributed by atoms with Crippen molar-refractivity contribution in [3.8, 4) is 11.5 Å². The molecule has 0 saturated carbocycles. The number of rotatable bonds is 17. The molecule has 0 aliphatic heterocycles. The molecule has 0 radical (unpaired) electrons. The summed E-state index contributed by atoms with van der Waals surface area (Å²) < 4.78 is 0. The van der Waals surface area contributed by atoms with Crippen molar-refractivity contribution in [3.63, 3.8) is 0 Å². The van der Waals surface area contributed by atoms with Crippen LogP contribution in [-0.2, 0) is 11.2 Å². The Kier molecular flexibility index (Phi) is 15.2. The number of phenolic OH excluding ortho intramolecular Hbond substituents is 2. The number of hydrogen-bond donors (Lipinski definition) is 3. The third kappa shape index (κ3) is 13.9. The molecule has 0 atom stereocenters. The minimum absolute atomic E-state index is 0.0867. The zero-order valence-electron chi connectivity index (χ0n) is 18.7. The Morgan fingerprint density at radius 3 is 2.23 bits per heavy atom. The Labute approximate surface area is 183 Å². The molecule has 4 nitrogen and oxygen atoms in total. The number of phenols is 2. The zero-order valence-corrected chi connectivity index (χ0v) is 18.7. The maximum Gasteiger partial charge on any atom is 0.220 e. The van der Waals surface area contributed by atoms with Crippen LogP contribution in [0, 0.1) is 0 Å². The molecule has 1 rings (SSSR count). The molecule has 0 saturated heterocycles. The number of carbonyl (C=O) groups is 1. The summed E-state index contributed by atoms with van der Waals surface area (Å²) in [5, 5.41) is 21.7. The lowest BCUT2D eigenvalue weighted by Gasteiger charge is -2.06. The maximum atomic E-state index is 11.9. The summed E-state index contributed by atoms with van der Waals surface area (Å²) >= 11 is 0. The smallest absolute Gasteiger partial charge is 0.220 e. The normalized spacial score (nSPS) is 11.5. The van der Waals surface area contributed by atoms with E-state index in [0.29, 0.717) is 19.4 Å². The number of nitrogens with one attached hydrogen (secondary N) is 1. The first-order chi connectivity index (χ1) is 14.6. The van der Waals surface area contributed by atoms with E-state index in [-0.39, 0.29) is 17.4 Å². The summed E-state index contributed by atoms with van der Waals surface area (Å²) in [5.41, 5.74) is 0.891. The quantitative estimate of drug-likeness (QED) is 0.153. The number of allylic oxidation sites excluding steroid dienone is 4. The number of aromatic hydroxyl groups is 2. The summed E-state index contributed by atoms with van der Waals surface area (Å²) in [5.74, 6) is -0.156. The van der Waals surface area contributed by atoms with Crippen molar-refractivity contribution < 1.29 is 15.0 Å². The van der Waals surface area contributed by atoms with Crippen molar-refractivity contribution in [2.45, 2.75) is 90.4 Å². The van der Waals surface area contributed by atoms with Gasteiger partial charge in [-0.3, -0.25) is 4.79 Å². The molecule has 4 heteroatoms. The van der Waals surface area contributed by atoms with Crippen molar-refractivity contribution in [2.24, 2.45) is 0 Å². The van der Waals surface area contributed by atoms with Crippen LogP contribution in [0.2, 0.25) is 0 Å². The van der Waals surface area contributed by atoms with Crippen molar-refractivity contribution in [2.75, 3.05) is 6.54 Å². The van der Waals surface area contributed by atoms with Crippen LogP contribution < -0.4 is 5.32 Å². The fourth-order valence-corrected chi connectivity index (χ4v) is 3.26. The first-order valence-corrected chi connectivity index (χ1v) is 11.7. The lowest BCUT2D eigenvalue weighted by Crippen LogP contribution is -2.25. The standard InChI is InChI=1S/C26H41NO3/c1-2-3-4-5-6-7-8-9-10-11-12-13-14-15-16-17-26(30)27-21-20-23-18-19-24(28)25(29)22-23/h6-7,9-10,18-19,22,28-29H,2-5,8,11-17,20-21H2,1H3,(H,27,30)/b7-6+,10-9+. The van der Waals surface area contributed by atoms with E-state index in [2.05, 4.69) is 36.5 Å². The third-order valence-corrected chi connectivity index (χ3v) is 5.13. The van der Waals surface area contributed by atoms with Crippen molar-refractivity contribution >= 4 is 5.91 Å². The molecule has 0 aliphatic carbocycles. The lowest BCUT2D eigenvalue weighted by atomic mass is 10.1.